The maximum Gasteiger partial charge on any atom is 0.265 e. The molecule has 4 heterocycles. The number of carbonyl (C=O) groups is 1. The van der Waals surface area contributed by atoms with Gasteiger partial charge in [0, 0.05) is 38.9 Å². The monoisotopic (exact) mass is 436 g/mol. The molecule has 0 bridgehead atoms. The third-order valence-corrected chi connectivity index (χ3v) is 6.72. The van der Waals surface area contributed by atoms with E-state index >= 15 is 0 Å². The molecule has 31 heavy (non-hydrogen) atoms. The highest BCUT2D eigenvalue weighted by atomic mass is 32.1. The number of thiazole rings is 1. The molecule has 0 saturated carbocycles. The fourth-order valence-electron chi connectivity index (χ4n) is 3.89. The van der Waals surface area contributed by atoms with Crippen LogP contribution in [-0.2, 0) is 6.54 Å². The molecule has 7 nitrogen and oxygen atoms in total. The zero-order chi connectivity index (χ0) is 21.2. The summed E-state index contributed by atoms with van der Waals surface area (Å²) in [7, 11) is 0. The highest BCUT2D eigenvalue weighted by molar-refractivity contribution is 7.17. The number of carbonyl (C=O) groups excluding carboxylic acids is 1. The predicted octanol–water partition coefficient (Wildman–Crippen LogP) is 3.24. The number of aryl methyl sites for hydroxylation is 1. The van der Waals surface area contributed by atoms with Gasteiger partial charge in [0.05, 0.1) is 11.4 Å². The normalized spacial score (nSPS) is 16.4. The van der Waals surface area contributed by atoms with Gasteiger partial charge in [-0.3, -0.25) is 14.7 Å². The lowest BCUT2D eigenvalue weighted by molar-refractivity contribution is 0.0632. The summed E-state index contributed by atoms with van der Waals surface area (Å²) in [6, 6.07) is 11.9. The number of rotatable bonds is 4. The first-order valence-corrected chi connectivity index (χ1v) is 11.3. The Morgan fingerprint density at radius 1 is 1.06 bits per heavy atom. The summed E-state index contributed by atoms with van der Waals surface area (Å²) in [4.78, 5) is 27.1. The van der Waals surface area contributed by atoms with Crippen LogP contribution in [0.15, 0.2) is 42.6 Å². The first kappa shape index (κ1) is 20.0. The van der Waals surface area contributed by atoms with E-state index in [-0.39, 0.29) is 5.91 Å². The van der Waals surface area contributed by atoms with Crippen LogP contribution in [0.2, 0.25) is 0 Å². The van der Waals surface area contributed by atoms with Crippen molar-refractivity contribution < 1.29 is 14.3 Å². The molecule has 2 aromatic heterocycles. The van der Waals surface area contributed by atoms with Crippen LogP contribution in [0.5, 0.6) is 11.5 Å². The highest BCUT2D eigenvalue weighted by Crippen LogP contribution is 2.31. The van der Waals surface area contributed by atoms with E-state index in [0.717, 1.165) is 47.5 Å². The molecule has 8 heteroatoms. The molecule has 0 atom stereocenters. The Bertz CT molecular complexity index is 1080. The van der Waals surface area contributed by atoms with Gasteiger partial charge in [0.2, 0.25) is 0 Å². The van der Waals surface area contributed by atoms with E-state index in [1.165, 1.54) is 16.9 Å². The van der Waals surface area contributed by atoms with Gasteiger partial charge in [-0.25, -0.2) is 4.98 Å². The third-order valence-electron chi connectivity index (χ3n) is 5.55. The van der Waals surface area contributed by atoms with Gasteiger partial charge in [0.15, 0.2) is 11.5 Å². The van der Waals surface area contributed by atoms with Crippen LogP contribution in [-0.4, -0.2) is 65.1 Å². The molecule has 5 rings (SSSR count). The lowest BCUT2D eigenvalue weighted by Gasteiger charge is -2.34. The van der Waals surface area contributed by atoms with E-state index in [1.54, 1.807) is 6.20 Å². The molecule has 0 unspecified atom stereocenters. The molecule has 2 aliphatic heterocycles. The Morgan fingerprint density at radius 3 is 2.65 bits per heavy atom. The van der Waals surface area contributed by atoms with E-state index in [2.05, 4.69) is 27.0 Å². The van der Waals surface area contributed by atoms with Crippen molar-refractivity contribution in [1.29, 1.82) is 0 Å². The Morgan fingerprint density at radius 2 is 1.87 bits per heavy atom. The zero-order valence-corrected chi connectivity index (χ0v) is 18.2. The van der Waals surface area contributed by atoms with Crippen molar-refractivity contribution in [2.75, 3.05) is 39.4 Å². The van der Waals surface area contributed by atoms with Gasteiger partial charge < -0.3 is 14.4 Å². The number of nitrogens with zero attached hydrogens (tertiary/aromatic N) is 4. The van der Waals surface area contributed by atoms with Crippen molar-refractivity contribution >= 4 is 17.2 Å². The summed E-state index contributed by atoms with van der Waals surface area (Å²) in [5, 5.41) is 0.790. The molecule has 2 aliphatic rings. The lowest BCUT2D eigenvalue weighted by Crippen LogP contribution is -2.48. The summed E-state index contributed by atoms with van der Waals surface area (Å²) in [5.74, 6) is 1.70. The molecule has 0 spiro atoms. The van der Waals surface area contributed by atoms with Gasteiger partial charge in [-0.15, -0.1) is 11.3 Å². The van der Waals surface area contributed by atoms with Crippen LogP contribution in [0, 0.1) is 6.92 Å². The number of piperazine rings is 1. The van der Waals surface area contributed by atoms with Crippen LogP contribution in [0.4, 0.5) is 0 Å². The van der Waals surface area contributed by atoms with Crippen molar-refractivity contribution in [3.05, 3.63) is 58.7 Å². The summed E-state index contributed by atoms with van der Waals surface area (Å²) < 4.78 is 11.3. The number of amides is 1. The summed E-state index contributed by atoms with van der Waals surface area (Å²) in [6.07, 6.45) is 1.74. The van der Waals surface area contributed by atoms with E-state index < -0.39 is 0 Å². The minimum Gasteiger partial charge on any atom is -0.486 e. The van der Waals surface area contributed by atoms with Crippen LogP contribution in [0.1, 0.15) is 20.9 Å². The third kappa shape index (κ3) is 4.26. The molecule has 0 radical (unpaired) electrons. The largest absolute Gasteiger partial charge is 0.486 e. The highest BCUT2D eigenvalue weighted by Gasteiger charge is 2.26. The van der Waals surface area contributed by atoms with Gasteiger partial charge in [-0.1, -0.05) is 12.1 Å². The van der Waals surface area contributed by atoms with Gasteiger partial charge in [-0.05, 0) is 36.8 Å². The Kier molecular flexibility index (Phi) is 5.57. The molecule has 160 valence electrons. The fraction of sp³-hybridized carbons (Fsp3) is 0.348. The maximum atomic E-state index is 13.1. The van der Waals surface area contributed by atoms with Crippen molar-refractivity contribution in [1.82, 2.24) is 19.8 Å². The number of pyridine rings is 1. The summed E-state index contributed by atoms with van der Waals surface area (Å²) in [6.45, 7) is 7.02. The molecule has 0 N–H and O–H groups in total. The smallest absolute Gasteiger partial charge is 0.265 e. The van der Waals surface area contributed by atoms with Crippen LogP contribution < -0.4 is 9.47 Å². The second-order valence-corrected chi connectivity index (χ2v) is 8.69. The molecular formula is C23H24N4O3S. The van der Waals surface area contributed by atoms with Gasteiger partial charge in [0.1, 0.15) is 23.1 Å². The molecular weight excluding hydrogens is 412 g/mol. The minimum atomic E-state index is 0.0659. The standard InChI is InChI=1S/C23H24N4O3S/c1-16-21(31-22(25-16)18-4-2-3-7-24-18)23(28)27-10-8-26(9-11-27)15-17-5-6-19-20(14-17)30-13-12-29-19/h2-7,14H,8-13,15H2,1H3. The molecule has 1 saturated heterocycles. The van der Waals surface area contributed by atoms with Crippen LogP contribution in [0.25, 0.3) is 10.7 Å². The first-order chi connectivity index (χ1) is 15.2. The van der Waals surface area contributed by atoms with Gasteiger partial charge >= 0.3 is 0 Å². The topological polar surface area (TPSA) is 67.8 Å². The minimum absolute atomic E-state index is 0.0659. The molecule has 1 aromatic carbocycles. The maximum absolute atomic E-state index is 13.1. The predicted molar refractivity (Wildman–Crippen MR) is 119 cm³/mol. The van der Waals surface area contributed by atoms with E-state index in [1.807, 2.05) is 36.1 Å². The summed E-state index contributed by atoms with van der Waals surface area (Å²) in [5.41, 5.74) is 2.77. The van der Waals surface area contributed by atoms with Crippen molar-refractivity contribution in [3.63, 3.8) is 0 Å². The SMILES string of the molecule is Cc1nc(-c2ccccn2)sc1C(=O)N1CCN(Cc2ccc3c(c2)OCCO3)CC1. The zero-order valence-electron chi connectivity index (χ0n) is 17.4. The average molecular weight is 437 g/mol. The number of hydrogen-bond donors (Lipinski definition) is 0. The fourth-order valence-corrected chi connectivity index (χ4v) is 4.90. The van der Waals surface area contributed by atoms with E-state index in [4.69, 9.17) is 9.47 Å². The number of hydrogen-bond acceptors (Lipinski definition) is 7. The van der Waals surface area contributed by atoms with Gasteiger partial charge in [-0.2, -0.15) is 0 Å². The molecule has 0 aliphatic carbocycles. The Hall–Kier alpha value is -2.97. The lowest BCUT2D eigenvalue weighted by atomic mass is 10.1. The van der Waals surface area contributed by atoms with E-state index in [0.29, 0.717) is 31.2 Å². The number of benzene rings is 1. The quantitative estimate of drug-likeness (QED) is 0.626. The van der Waals surface area contributed by atoms with Crippen molar-refractivity contribution in [2.45, 2.75) is 13.5 Å². The molecule has 1 amide bonds. The first-order valence-electron chi connectivity index (χ1n) is 10.5. The second-order valence-electron chi connectivity index (χ2n) is 7.69. The number of ether oxygens (including phenoxy) is 2. The van der Waals surface area contributed by atoms with Crippen molar-refractivity contribution in [3.8, 4) is 22.2 Å². The number of fused-ring (bicyclic) bond motifs is 1. The van der Waals surface area contributed by atoms with Crippen LogP contribution in [0.3, 0.4) is 0 Å². The summed E-state index contributed by atoms with van der Waals surface area (Å²) >= 11 is 1.43. The molecule has 3 aromatic rings. The Labute approximate surface area is 185 Å². The average Bonchev–Trinajstić information content (AvgIpc) is 3.21. The number of aromatic nitrogens is 2. The Balaban J connectivity index is 1.21. The van der Waals surface area contributed by atoms with Crippen molar-refractivity contribution in [2.24, 2.45) is 0 Å². The molecule has 1 fully saturated rings. The van der Waals surface area contributed by atoms with Crippen LogP contribution >= 0.6 is 11.3 Å². The van der Waals surface area contributed by atoms with Gasteiger partial charge in [0.25, 0.3) is 5.91 Å². The van der Waals surface area contributed by atoms with E-state index in [9.17, 15) is 4.79 Å². The second kappa shape index (κ2) is 8.64.